The Bertz CT molecular complexity index is 722. The van der Waals surface area contributed by atoms with E-state index in [9.17, 15) is 4.79 Å². The molecular weight excluding hydrogens is 364 g/mol. The molecule has 6 nitrogen and oxygen atoms in total. The Morgan fingerprint density at radius 3 is 2.52 bits per heavy atom. The molecule has 0 saturated heterocycles. The molecule has 0 fully saturated rings. The molecule has 2 aromatic carbocycles. The van der Waals surface area contributed by atoms with Crippen molar-refractivity contribution in [1.29, 1.82) is 0 Å². The summed E-state index contributed by atoms with van der Waals surface area (Å²) in [4.78, 5) is 13.3. The van der Waals surface area contributed by atoms with E-state index in [4.69, 9.17) is 19.9 Å². The molecule has 0 bridgehead atoms. The molecule has 0 atom stereocenters. The maximum absolute atomic E-state index is 12.1. The highest BCUT2D eigenvalue weighted by atomic mass is 32.2. The van der Waals surface area contributed by atoms with Crippen LogP contribution < -0.4 is 25.3 Å². The summed E-state index contributed by atoms with van der Waals surface area (Å²) in [6, 6.07) is 13.3. The molecule has 0 saturated carbocycles. The summed E-state index contributed by atoms with van der Waals surface area (Å²) in [5, 5.41) is 2.85. The first-order chi connectivity index (χ1) is 13.2. The van der Waals surface area contributed by atoms with Crippen LogP contribution in [0, 0.1) is 0 Å². The van der Waals surface area contributed by atoms with E-state index in [2.05, 4.69) is 5.32 Å². The number of ether oxygens (including phenoxy) is 3. The molecule has 3 N–H and O–H groups in total. The maximum atomic E-state index is 12.1. The molecule has 1 amide bonds. The Hall–Kier alpha value is -2.38. The van der Waals surface area contributed by atoms with Gasteiger partial charge in [0.05, 0.1) is 20.1 Å². The van der Waals surface area contributed by atoms with Gasteiger partial charge in [-0.05, 0) is 48.2 Å². The number of hydrogen-bond acceptors (Lipinski definition) is 6. The summed E-state index contributed by atoms with van der Waals surface area (Å²) in [5.41, 5.74) is 6.29. The van der Waals surface area contributed by atoms with E-state index in [1.807, 2.05) is 36.6 Å². The summed E-state index contributed by atoms with van der Waals surface area (Å²) < 4.78 is 16.4. The van der Waals surface area contributed by atoms with E-state index in [1.165, 1.54) is 4.90 Å². The number of rotatable bonds is 11. The van der Waals surface area contributed by atoms with Gasteiger partial charge in [0.1, 0.15) is 19.0 Å². The highest BCUT2D eigenvalue weighted by molar-refractivity contribution is 7.98. The lowest BCUT2D eigenvalue weighted by Crippen LogP contribution is -2.29. The molecule has 2 rings (SSSR count). The second-order valence-corrected chi connectivity index (χ2v) is 6.55. The Morgan fingerprint density at radius 2 is 1.85 bits per heavy atom. The minimum Gasteiger partial charge on any atom is -0.493 e. The second kappa shape index (κ2) is 11.4. The quantitative estimate of drug-likeness (QED) is 0.453. The molecule has 0 aliphatic carbocycles. The number of nitrogens with two attached hydrogens (primary N) is 1. The topological polar surface area (TPSA) is 82.8 Å². The van der Waals surface area contributed by atoms with E-state index in [0.717, 1.165) is 11.3 Å². The van der Waals surface area contributed by atoms with Crippen molar-refractivity contribution in [2.45, 2.75) is 11.3 Å². The summed E-state index contributed by atoms with van der Waals surface area (Å²) in [6.45, 7) is 1.70. The summed E-state index contributed by atoms with van der Waals surface area (Å²) in [5.74, 6) is 1.92. The Kier molecular flexibility index (Phi) is 8.80. The van der Waals surface area contributed by atoms with Crippen LogP contribution in [0.3, 0.4) is 0 Å². The fourth-order valence-corrected chi connectivity index (χ4v) is 2.80. The number of methoxy groups -OCH3 is 1. The monoisotopic (exact) mass is 390 g/mol. The molecule has 146 valence electrons. The lowest BCUT2D eigenvalue weighted by molar-refractivity contribution is -0.120. The lowest BCUT2D eigenvalue weighted by Gasteiger charge is -2.12. The Balaban J connectivity index is 1.76. The number of nitrogens with one attached hydrogen (secondary N) is 1. The van der Waals surface area contributed by atoms with Gasteiger partial charge < -0.3 is 25.3 Å². The zero-order chi connectivity index (χ0) is 19.5. The number of thioether (sulfide) groups is 1. The number of carbonyl (C=O) groups is 1. The lowest BCUT2D eigenvalue weighted by atomic mass is 10.1. The fourth-order valence-electron chi connectivity index (χ4n) is 2.39. The van der Waals surface area contributed by atoms with Crippen LogP contribution in [0.25, 0.3) is 0 Å². The SMILES string of the molecule is COc1cc(CC(=O)NCCOc2ccc(SC)cc2)ccc1OCCN. The molecule has 0 aromatic heterocycles. The van der Waals surface area contributed by atoms with Gasteiger partial charge in [-0.15, -0.1) is 11.8 Å². The molecule has 27 heavy (non-hydrogen) atoms. The molecule has 0 radical (unpaired) electrons. The van der Waals surface area contributed by atoms with Crippen LogP contribution in [0.15, 0.2) is 47.4 Å². The van der Waals surface area contributed by atoms with Crippen LogP contribution in [0.4, 0.5) is 0 Å². The van der Waals surface area contributed by atoms with Gasteiger partial charge >= 0.3 is 0 Å². The largest absolute Gasteiger partial charge is 0.493 e. The third-order valence-corrected chi connectivity index (χ3v) is 4.46. The van der Waals surface area contributed by atoms with Crippen molar-refractivity contribution in [3.8, 4) is 17.2 Å². The van der Waals surface area contributed by atoms with E-state index in [0.29, 0.717) is 37.8 Å². The van der Waals surface area contributed by atoms with E-state index in [1.54, 1.807) is 31.0 Å². The summed E-state index contributed by atoms with van der Waals surface area (Å²) >= 11 is 1.68. The normalized spacial score (nSPS) is 10.3. The molecule has 2 aromatic rings. The van der Waals surface area contributed by atoms with Gasteiger partial charge in [0.15, 0.2) is 11.5 Å². The van der Waals surface area contributed by atoms with Crippen molar-refractivity contribution in [3.05, 3.63) is 48.0 Å². The van der Waals surface area contributed by atoms with Crippen molar-refractivity contribution in [3.63, 3.8) is 0 Å². The molecule has 0 aliphatic rings. The number of hydrogen-bond donors (Lipinski definition) is 2. The van der Waals surface area contributed by atoms with Gasteiger partial charge in [-0.3, -0.25) is 4.79 Å². The van der Waals surface area contributed by atoms with E-state index >= 15 is 0 Å². The van der Waals surface area contributed by atoms with Crippen LogP contribution >= 0.6 is 11.8 Å². The van der Waals surface area contributed by atoms with Crippen molar-refractivity contribution < 1.29 is 19.0 Å². The standard InChI is InChI=1S/C20H26N2O4S/c1-24-19-13-15(3-8-18(19)26-11-9-21)14-20(23)22-10-12-25-16-4-6-17(27-2)7-5-16/h3-8,13H,9-12,14,21H2,1-2H3,(H,22,23). The first-order valence-corrected chi connectivity index (χ1v) is 9.92. The summed E-state index contributed by atoms with van der Waals surface area (Å²) in [7, 11) is 1.57. The summed E-state index contributed by atoms with van der Waals surface area (Å²) in [6.07, 6.45) is 2.29. The van der Waals surface area contributed by atoms with E-state index < -0.39 is 0 Å². The molecule has 0 aliphatic heterocycles. The molecule has 0 spiro atoms. The number of benzene rings is 2. The zero-order valence-electron chi connectivity index (χ0n) is 15.7. The third-order valence-electron chi connectivity index (χ3n) is 3.72. The fraction of sp³-hybridized carbons (Fsp3) is 0.350. The zero-order valence-corrected chi connectivity index (χ0v) is 16.5. The number of carbonyl (C=O) groups excluding carboxylic acids is 1. The minimum absolute atomic E-state index is 0.0750. The van der Waals surface area contributed by atoms with Gasteiger partial charge in [0, 0.05) is 11.4 Å². The van der Waals surface area contributed by atoms with Crippen LogP contribution in [-0.2, 0) is 11.2 Å². The first-order valence-electron chi connectivity index (χ1n) is 8.69. The minimum atomic E-state index is -0.0750. The van der Waals surface area contributed by atoms with Gasteiger partial charge in [-0.25, -0.2) is 0 Å². The van der Waals surface area contributed by atoms with Gasteiger partial charge in [-0.2, -0.15) is 0 Å². The van der Waals surface area contributed by atoms with Crippen LogP contribution in [0.5, 0.6) is 17.2 Å². The van der Waals surface area contributed by atoms with Gasteiger partial charge in [-0.1, -0.05) is 6.07 Å². The van der Waals surface area contributed by atoms with Crippen molar-refractivity contribution in [2.75, 3.05) is 39.7 Å². The first kappa shape index (κ1) is 20.9. The van der Waals surface area contributed by atoms with Crippen LogP contribution in [-0.4, -0.2) is 45.6 Å². The highest BCUT2D eigenvalue weighted by Gasteiger charge is 2.09. The predicted octanol–water partition coefficient (Wildman–Crippen LogP) is 2.49. The Labute approximate surface area is 164 Å². The smallest absolute Gasteiger partial charge is 0.224 e. The highest BCUT2D eigenvalue weighted by Crippen LogP contribution is 2.28. The van der Waals surface area contributed by atoms with Crippen molar-refractivity contribution in [2.24, 2.45) is 5.73 Å². The van der Waals surface area contributed by atoms with Crippen molar-refractivity contribution in [1.82, 2.24) is 5.32 Å². The Morgan fingerprint density at radius 1 is 1.07 bits per heavy atom. The molecular formula is C20H26N2O4S. The van der Waals surface area contributed by atoms with Gasteiger partial charge in [0.25, 0.3) is 0 Å². The van der Waals surface area contributed by atoms with Crippen LogP contribution in [0.2, 0.25) is 0 Å². The molecule has 0 unspecified atom stereocenters. The molecule has 0 heterocycles. The number of amides is 1. The van der Waals surface area contributed by atoms with Crippen molar-refractivity contribution >= 4 is 17.7 Å². The predicted molar refractivity (Wildman–Crippen MR) is 108 cm³/mol. The third kappa shape index (κ3) is 7.03. The van der Waals surface area contributed by atoms with Crippen LogP contribution in [0.1, 0.15) is 5.56 Å². The maximum Gasteiger partial charge on any atom is 0.224 e. The molecule has 7 heteroatoms. The average Bonchev–Trinajstić information content (AvgIpc) is 2.70. The average molecular weight is 391 g/mol. The second-order valence-electron chi connectivity index (χ2n) is 5.67. The van der Waals surface area contributed by atoms with E-state index in [-0.39, 0.29) is 12.3 Å². The van der Waals surface area contributed by atoms with Gasteiger partial charge in [0.2, 0.25) is 5.91 Å².